The van der Waals surface area contributed by atoms with Crippen LogP contribution >= 0.6 is 11.8 Å². The summed E-state index contributed by atoms with van der Waals surface area (Å²) in [5.41, 5.74) is 7.35. The molecule has 3 nitrogen and oxygen atoms in total. The van der Waals surface area contributed by atoms with Crippen molar-refractivity contribution in [1.29, 1.82) is 0 Å². The second kappa shape index (κ2) is 11.2. The first-order valence-electron chi connectivity index (χ1n) is 12.7. The molecule has 2 aliphatic rings. The van der Waals surface area contributed by atoms with Gasteiger partial charge >= 0.3 is 0 Å². The van der Waals surface area contributed by atoms with Crippen molar-refractivity contribution in [3.8, 4) is 16.9 Å². The average Bonchev–Trinajstić information content (AvgIpc) is 3.11. The van der Waals surface area contributed by atoms with Gasteiger partial charge in [0.25, 0.3) is 5.91 Å². The molecular formula is C31H33NO2S. The number of amides is 1. The van der Waals surface area contributed by atoms with Crippen LogP contribution in [0.4, 0.5) is 5.69 Å². The number of hydrogen-bond acceptors (Lipinski definition) is 3. The molecule has 1 heterocycles. The summed E-state index contributed by atoms with van der Waals surface area (Å²) in [5.74, 6) is 1.80. The van der Waals surface area contributed by atoms with Gasteiger partial charge in [0.15, 0.2) is 0 Å². The summed E-state index contributed by atoms with van der Waals surface area (Å²) in [5, 5.41) is 3.89. The van der Waals surface area contributed by atoms with E-state index in [1.165, 1.54) is 43.2 Å². The summed E-state index contributed by atoms with van der Waals surface area (Å²) < 4.78 is 5.95. The van der Waals surface area contributed by atoms with E-state index in [1.807, 2.05) is 24.3 Å². The quantitative estimate of drug-likeness (QED) is 0.386. The van der Waals surface area contributed by atoms with Crippen LogP contribution in [0.2, 0.25) is 0 Å². The van der Waals surface area contributed by atoms with Gasteiger partial charge in [0, 0.05) is 34.2 Å². The lowest BCUT2D eigenvalue weighted by molar-refractivity contribution is -0.113. The summed E-state index contributed by atoms with van der Waals surface area (Å²) in [7, 11) is 0. The number of thioether (sulfide) groups is 1. The zero-order chi connectivity index (χ0) is 24.0. The lowest BCUT2D eigenvalue weighted by Gasteiger charge is -2.20. The van der Waals surface area contributed by atoms with E-state index in [0.717, 1.165) is 44.7 Å². The van der Waals surface area contributed by atoms with Gasteiger partial charge in [-0.2, -0.15) is 11.8 Å². The number of ether oxygens (including phenoxy) is 1. The molecule has 0 atom stereocenters. The number of nitrogens with one attached hydrogen (secondary N) is 1. The van der Waals surface area contributed by atoms with Crippen molar-refractivity contribution in [2.75, 3.05) is 11.9 Å². The van der Waals surface area contributed by atoms with Crippen LogP contribution in [0.3, 0.4) is 0 Å². The van der Waals surface area contributed by atoms with Crippen LogP contribution in [0.5, 0.6) is 5.75 Å². The standard InChI is InChI=1S/C31H33NO2S/c1-22-7-11-24(12-8-22)25-13-16-30-27(19-25)20-26(17-18-34-30)31(33)32-28-14-9-23(10-15-28)21-35-29-5-3-2-4-6-29/h7-16,19-20,29H,2-6,17-18,21H2,1H3,(H,32,33). The van der Waals surface area contributed by atoms with Gasteiger partial charge in [0.1, 0.15) is 5.75 Å². The molecule has 0 saturated heterocycles. The fourth-order valence-electron chi connectivity index (χ4n) is 4.77. The van der Waals surface area contributed by atoms with Crippen LogP contribution in [0.15, 0.2) is 72.3 Å². The molecule has 0 unspecified atom stereocenters. The summed E-state index contributed by atoms with van der Waals surface area (Å²) in [6, 6.07) is 23.0. The second-order valence-corrected chi connectivity index (χ2v) is 10.9. The Hall–Kier alpha value is -2.98. The van der Waals surface area contributed by atoms with Crippen LogP contribution < -0.4 is 10.1 Å². The number of fused-ring (bicyclic) bond motifs is 1. The smallest absolute Gasteiger partial charge is 0.251 e. The van der Waals surface area contributed by atoms with E-state index in [1.54, 1.807) is 0 Å². The minimum atomic E-state index is -0.0634. The van der Waals surface area contributed by atoms with E-state index >= 15 is 0 Å². The molecule has 0 radical (unpaired) electrons. The van der Waals surface area contributed by atoms with Gasteiger partial charge in [-0.3, -0.25) is 4.79 Å². The summed E-state index contributed by atoms with van der Waals surface area (Å²) >= 11 is 2.08. The highest BCUT2D eigenvalue weighted by molar-refractivity contribution is 7.99. The predicted molar refractivity (Wildman–Crippen MR) is 148 cm³/mol. The van der Waals surface area contributed by atoms with Crippen molar-refractivity contribution in [3.05, 3.63) is 89.0 Å². The Balaban J connectivity index is 1.25. The number of hydrogen-bond donors (Lipinski definition) is 1. The van der Waals surface area contributed by atoms with Gasteiger partial charge in [-0.15, -0.1) is 0 Å². The van der Waals surface area contributed by atoms with Crippen LogP contribution in [-0.4, -0.2) is 17.8 Å². The van der Waals surface area contributed by atoms with Crippen LogP contribution in [0, 0.1) is 6.92 Å². The summed E-state index contributed by atoms with van der Waals surface area (Å²) in [6.45, 7) is 2.58. The zero-order valence-electron chi connectivity index (χ0n) is 20.4. The van der Waals surface area contributed by atoms with Gasteiger partial charge in [0.05, 0.1) is 6.61 Å². The average molecular weight is 484 g/mol. The van der Waals surface area contributed by atoms with E-state index in [9.17, 15) is 4.79 Å². The Labute approximate surface area is 213 Å². The highest BCUT2D eigenvalue weighted by Gasteiger charge is 2.17. The van der Waals surface area contributed by atoms with Crippen molar-refractivity contribution in [2.45, 2.75) is 56.5 Å². The first kappa shape index (κ1) is 23.7. The third-order valence-electron chi connectivity index (χ3n) is 6.89. The molecule has 35 heavy (non-hydrogen) atoms. The molecule has 3 aromatic carbocycles. The first-order valence-corrected chi connectivity index (χ1v) is 13.8. The van der Waals surface area contributed by atoms with E-state index in [2.05, 4.69) is 72.5 Å². The molecule has 1 N–H and O–H groups in total. The number of carbonyl (C=O) groups is 1. The van der Waals surface area contributed by atoms with E-state index in [-0.39, 0.29) is 5.91 Å². The third-order valence-corrected chi connectivity index (χ3v) is 8.34. The first-order chi connectivity index (χ1) is 17.1. The molecule has 0 aromatic heterocycles. The topological polar surface area (TPSA) is 38.3 Å². The zero-order valence-corrected chi connectivity index (χ0v) is 21.2. The highest BCUT2D eigenvalue weighted by Crippen LogP contribution is 2.32. The van der Waals surface area contributed by atoms with Gasteiger partial charge in [-0.25, -0.2) is 0 Å². The molecule has 180 valence electrons. The molecular weight excluding hydrogens is 450 g/mol. The fourth-order valence-corrected chi connectivity index (χ4v) is 6.06. The maximum absolute atomic E-state index is 13.1. The van der Waals surface area contributed by atoms with Crippen molar-refractivity contribution >= 4 is 29.4 Å². The lowest BCUT2D eigenvalue weighted by atomic mass is 10.00. The Morgan fingerprint density at radius 1 is 0.943 bits per heavy atom. The van der Waals surface area contributed by atoms with Gasteiger partial charge < -0.3 is 10.1 Å². The molecule has 5 rings (SSSR count). The van der Waals surface area contributed by atoms with E-state index < -0.39 is 0 Å². The van der Waals surface area contributed by atoms with Crippen LogP contribution in [0.1, 0.15) is 55.2 Å². The normalized spacial score (nSPS) is 16.0. The number of rotatable bonds is 6. The Morgan fingerprint density at radius 3 is 2.46 bits per heavy atom. The Morgan fingerprint density at radius 2 is 1.69 bits per heavy atom. The second-order valence-electron chi connectivity index (χ2n) is 9.61. The van der Waals surface area contributed by atoms with Gasteiger partial charge in [0.2, 0.25) is 0 Å². The van der Waals surface area contributed by atoms with Crippen molar-refractivity contribution in [1.82, 2.24) is 0 Å². The van der Waals surface area contributed by atoms with Crippen molar-refractivity contribution < 1.29 is 9.53 Å². The molecule has 3 aromatic rings. The maximum Gasteiger partial charge on any atom is 0.251 e. The van der Waals surface area contributed by atoms with Crippen molar-refractivity contribution in [2.24, 2.45) is 0 Å². The van der Waals surface area contributed by atoms with Crippen molar-refractivity contribution in [3.63, 3.8) is 0 Å². The SMILES string of the molecule is Cc1ccc(-c2ccc3c(c2)C=C(C(=O)Nc2ccc(CSC4CCCCC4)cc2)CCO3)cc1. The van der Waals surface area contributed by atoms with E-state index in [0.29, 0.717) is 13.0 Å². The third kappa shape index (κ3) is 6.18. The van der Waals surface area contributed by atoms with Gasteiger partial charge in [-0.1, -0.05) is 67.3 Å². The molecule has 1 saturated carbocycles. The number of benzene rings is 3. The number of anilines is 1. The minimum absolute atomic E-state index is 0.0634. The number of aryl methyl sites for hydroxylation is 1. The van der Waals surface area contributed by atoms with E-state index in [4.69, 9.17) is 4.74 Å². The molecule has 1 aliphatic heterocycles. The predicted octanol–water partition coefficient (Wildman–Crippen LogP) is 8.03. The minimum Gasteiger partial charge on any atom is -0.493 e. The largest absolute Gasteiger partial charge is 0.493 e. The highest BCUT2D eigenvalue weighted by atomic mass is 32.2. The number of carbonyl (C=O) groups excluding carboxylic acids is 1. The molecule has 4 heteroatoms. The Bertz CT molecular complexity index is 1190. The monoisotopic (exact) mass is 483 g/mol. The molecule has 0 spiro atoms. The Kier molecular flexibility index (Phi) is 7.58. The summed E-state index contributed by atoms with van der Waals surface area (Å²) in [6.07, 6.45) is 9.41. The lowest BCUT2D eigenvalue weighted by Crippen LogP contribution is -2.15. The van der Waals surface area contributed by atoms with Gasteiger partial charge in [-0.05, 0) is 66.8 Å². The molecule has 1 fully saturated rings. The summed E-state index contributed by atoms with van der Waals surface area (Å²) in [4.78, 5) is 13.1. The fraction of sp³-hybridized carbons (Fsp3) is 0.323. The molecule has 1 amide bonds. The maximum atomic E-state index is 13.1. The van der Waals surface area contributed by atoms with Crippen LogP contribution in [0.25, 0.3) is 17.2 Å². The molecule has 1 aliphatic carbocycles. The van der Waals surface area contributed by atoms with Crippen LogP contribution in [-0.2, 0) is 10.5 Å². The molecule has 0 bridgehead atoms.